The van der Waals surface area contributed by atoms with Crippen molar-refractivity contribution in [2.24, 2.45) is 0 Å². The number of anilines is 1. The smallest absolute Gasteiger partial charge is 0.239 e. The minimum atomic E-state index is -0.137. The lowest BCUT2D eigenvalue weighted by molar-refractivity contribution is -0.115. The molecule has 6 heteroatoms. The molecule has 2 aromatic carbocycles. The molecular formula is C21H23ClN4O. The van der Waals surface area contributed by atoms with Crippen molar-refractivity contribution in [1.29, 1.82) is 0 Å². The van der Waals surface area contributed by atoms with Gasteiger partial charge in [-0.05, 0) is 44.5 Å². The summed E-state index contributed by atoms with van der Waals surface area (Å²) in [6, 6.07) is 17.4. The number of aryl methyl sites for hydroxylation is 2. The highest BCUT2D eigenvalue weighted by Crippen LogP contribution is 2.22. The van der Waals surface area contributed by atoms with Gasteiger partial charge >= 0.3 is 0 Å². The predicted octanol–water partition coefficient (Wildman–Crippen LogP) is 4.43. The zero-order chi connectivity index (χ0) is 19.4. The van der Waals surface area contributed by atoms with E-state index >= 15 is 0 Å². The van der Waals surface area contributed by atoms with Gasteiger partial charge in [-0.25, -0.2) is 4.68 Å². The number of carbonyl (C=O) groups excluding carboxylic acids is 1. The minimum absolute atomic E-state index is 0.0341. The largest absolute Gasteiger partial charge is 0.309 e. The highest BCUT2D eigenvalue weighted by Gasteiger charge is 2.13. The average Bonchev–Trinajstić information content (AvgIpc) is 3.01. The molecule has 27 heavy (non-hydrogen) atoms. The third kappa shape index (κ3) is 4.76. The molecule has 0 saturated carbocycles. The minimum Gasteiger partial charge on any atom is -0.309 e. The molecule has 140 valence electrons. The maximum atomic E-state index is 12.4. The number of hydrogen-bond donors (Lipinski definition) is 2. The first-order chi connectivity index (χ1) is 12.9. The molecule has 0 radical (unpaired) electrons. The van der Waals surface area contributed by atoms with E-state index in [1.165, 1.54) is 5.56 Å². The molecule has 0 aliphatic rings. The van der Waals surface area contributed by atoms with E-state index < -0.39 is 0 Å². The molecule has 2 N–H and O–H groups in total. The Bertz CT molecular complexity index is 934. The summed E-state index contributed by atoms with van der Waals surface area (Å²) in [7, 11) is 0. The molecule has 0 aliphatic heterocycles. The molecule has 0 aliphatic carbocycles. The standard InChI is InChI=1S/C21H23ClN4O/c1-14-8-10-17(11-9-14)26-20(12-15(2)25-26)24-21(27)13-23-16(3)18-6-4-5-7-19(18)22/h4-12,16,23H,13H2,1-3H3,(H,24,27)/t16-/m0/s1. The molecule has 1 amide bonds. The number of rotatable bonds is 6. The Balaban J connectivity index is 1.66. The maximum absolute atomic E-state index is 12.4. The topological polar surface area (TPSA) is 59.0 Å². The Labute approximate surface area is 164 Å². The van der Waals surface area contributed by atoms with E-state index in [1.54, 1.807) is 4.68 Å². The van der Waals surface area contributed by atoms with Crippen LogP contribution in [-0.4, -0.2) is 22.2 Å². The van der Waals surface area contributed by atoms with Crippen LogP contribution in [0.25, 0.3) is 5.69 Å². The number of halogens is 1. The fraction of sp³-hybridized carbons (Fsp3) is 0.238. The van der Waals surface area contributed by atoms with Crippen molar-refractivity contribution >= 4 is 23.3 Å². The second kappa shape index (κ2) is 8.37. The van der Waals surface area contributed by atoms with Crippen LogP contribution < -0.4 is 10.6 Å². The van der Waals surface area contributed by atoms with Gasteiger partial charge < -0.3 is 10.6 Å². The molecule has 5 nitrogen and oxygen atoms in total. The summed E-state index contributed by atoms with van der Waals surface area (Å²) in [4.78, 5) is 12.4. The van der Waals surface area contributed by atoms with E-state index in [2.05, 4.69) is 15.7 Å². The van der Waals surface area contributed by atoms with Crippen LogP contribution in [0.5, 0.6) is 0 Å². The SMILES string of the molecule is Cc1ccc(-n2nc(C)cc2NC(=O)CN[C@@H](C)c2ccccc2Cl)cc1. The first-order valence-electron chi connectivity index (χ1n) is 8.85. The normalized spacial score (nSPS) is 12.0. The van der Waals surface area contributed by atoms with Crippen molar-refractivity contribution in [3.63, 3.8) is 0 Å². The molecule has 0 unspecified atom stereocenters. The monoisotopic (exact) mass is 382 g/mol. The van der Waals surface area contributed by atoms with E-state index in [1.807, 2.05) is 75.4 Å². The second-order valence-electron chi connectivity index (χ2n) is 6.59. The molecule has 1 aromatic heterocycles. The first-order valence-corrected chi connectivity index (χ1v) is 9.23. The van der Waals surface area contributed by atoms with Gasteiger partial charge in [-0.15, -0.1) is 0 Å². The summed E-state index contributed by atoms with van der Waals surface area (Å²) in [5.74, 6) is 0.510. The van der Waals surface area contributed by atoms with E-state index in [0.717, 1.165) is 16.9 Å². The van der Waals surface area contributed by atoms with Crippen LogP contribution in [-0.2, 0) is 4.79 Å². The molecule has 0 fully saturated rings. The van der Waals surface area contributed by atoms with E-state index in [-0.39, 0.29) is 18.5 Å². The Morgan fingerprint density at radius 1 is 1.15 bits per heavy atom. The molecule has 3 rings (SSSR count). The lowest BCUT2D eigenvalue weighted by atomic mass is 10.1. The van der Waals surface area contributed by atoms with Crippen LogP contribution in [0.3, 0.4) is 0 Å². The van der Waals surface area contributed by atoms with Gasteiger partial charge in [-0.2, -0.15) is 5.10 Å². The maximum Gasteiger partial charge on any atom is 0.239 e. The van der Waals surface area contributed by atoms with Gasteiger partial charge in [0.25, 0.3) is 0 Å². The van der Waals surface area contributed by atoms with Gasteiger partial charge in [-0.1, -0.05) is 47.5 Å². The van der Waals surface area contributed by atoms with Crippen molar-refractivity contribution in [3.05, 3.63) is 76.4 Å². The number of carbonyl (C=O) groups is 1. The van der Waals surface area contributed by atoms with Crippen molar-refractivity contribution in [2.75, 3.05) is 11.9 Å². The molecule has 0 spiro atoms. The lowest BCUT2D eigenvalue weighted by Crippen LogP contribution is -2.30. The number of hydrogen-bond acceptors (Lipinski definition) is 3. The molecule has 0 saturated heterocycles. The van der Waals surface area contributed by atoms with Crippen molar-refractivity contribution in [2.45, 2.75) is 26.8 Å². The third-order valence-electron chi connectivity index (χ3n) is 4.32. The zero-order valence-corrected chi connectivity index (χ0v) is 16.4. The predicted molar refractivity (Wildman–Crippen MR) is 110 cm³/mol. The number of amides is 1. The third-order valence-corrected chi connectivity index (χ3v) is 4.66. The highest BCUT2D eigenvalue weighted by atomic mass is 35.5. The summed E-state index contributed by atoms with van der Waals surface area (Å²) in [5, 5.41) is 11.3. The number of nitrogens with one attached hydrogen (secondary N) is 2. The Morgan fingerprint density at radius 3 is 2.56 bits per heavy atom. The van der Waals surface area contributed by atoms with Gasteiger partial charge in [0, 0.05) is 17.1 Å². The highest BCUT2D eigenvalue weighted by molar-refractivity contribution is 6.31. The van der Waals surface area contributed by atoms with Gasteiger partial charge in [0.1, 0.15) is 5.82 Å². The number of aromatic nitrogens is 2. The Kier molecular flexibility index (Phi) is 5.94. The molecule has 1 atom stereocenters. The van der Waals surface area contributed by atoms with E-state index in [0.29, 0.717) is 10.8 Å². The summed E-state index contributed by atoms with van der Waals surface area (Å²) >= 11 is 6.21. The Hall–Kier alpha value is -2.63. The van der Waals surface area contributed by atoms with Crippen LogP contribution in [0.2, 0.25) is 5.02 Å². The fourth-order valence-electron chi connectivity index (χ4n) is 2.84. The number of benzene rings is 2. The van der Waals surface area contributed by atoms with Crippen LogP contribution in [0.1, 0.15) is 29.8 Å². The van der Waals surface area contributed by atoms with E-state index in [9.17, 15) is 4.79 Å². The van der Waals surface area contributed by atoms with E-state index in [4.69, 9.17) is 11.6 Å². The first kappa shape index (κ1) is 19.1. The van der Waals surface area contributed by atoms with Gasteiger partial charge in [0.05, 0.1) is 17.9 Å². The van der Waals surface area contributed by atoms with Gasteiger partial charge in [-0.3, -0.25) is 4.79 Å². The molecule has 3 aromatic rings. The summed E-state index contributed by atoms with van der Waals surface area (Å²) in [6.07, 6.45) is 0. The van der Waals surface area contributed by atoms with Crippen LogP contribution in [0.4, 0.5) is 5.82 Å². The van der Waals surface area contributed by atoms with Gasteiger partial charge in [0.2, 0.25) is 5.91 Å². The van der Waals surface area contributed by atoms with Crippen molar-refractivity contribution in [3.8, 4) is 5.69 Å². The summed E-state index contributed by atoms with van der Waals surface area (Å²) in [6.45, 7) is 6.09. The zero-order valence-electron chi connectivity index (χ0n) is 15.7. The second-order valence-corrected chi connectivity index (χ2v) is 7.00. The molecule has 0 bridgehead atoms. The quantitative estimate of drug-likeness (QED) is 0.663. The van der Waals surface area contributed by atoms with Crippen molar-refractivity contribution < 1.29 is 4.79 Å². The number of nitrogens with zero attached hydrogens (tertiary/aromatic N) is 2. The van der Waals surface area contributed by atoms with Crippen LogP contribution in [0, 0.1) is 13.8 Å². The fourth-order valence-corrected chi connectivity index (χ4v) is 3.14. The van der Waals surface area contributed by atoms with Crippen molar-refractivity contribution in [1.82, 2.24) is 15.1 Å². The average molecular weight is 383 g/mol. The summed E-state index contributed by atoms with van der Waals surface area (Å²) < 4.78 is 1.74. The van der Waals surface area contributed by atoms with Crippen LogP contribution in [0.15, 0.2) is 54.6 Å². The lowest BCUT2D eigenvalue weighted by Gasteiger charge is -2.15. The summed E-state index contributed by atoms with van der Waals surface area (Å²) in [5.41, 5.74) is 3.88. The van der Waals surface area contributed by atoms with Gasteiger partial charge in [0.15, 0.2) is 0 Å². The molecule has 1 heterocycles. The Morgan fingerprint density at radius 2 is 1.85 bits per heavy atom. The molecular weight excluding hydrogens is 360 g/mol. The van der Waals surface area contributed by atoms with Crippen LogP contribution >= 0.6 is 11.6 Å².